The summed E-state index contributed by atoms with van der Waals surface area (Å²) in [5.74, 6) is 0.616. The highest BCUT2D eigenvalue weighted by Crippen LogP contribution is 2.25. The van der Waals surface area contributed by atoms with Gasteiger partial charge in [-0.15, -0.1) is 0 Å². The Morgan fingerprint density at radius 3 is 2.50 bits per heavy atom. The lowest BCUT2D eigenvalue weighted by atomic mass is 9.95. The Balaban J connectivity index is 2.30. The van der Waals surface area contributed by atoms with Crippen LogP contribution >= 0.6 is 0 Å². The summed E-state index contributed by atoms with van der Waals surface area (Å²) in [6, 6.07) is 12.1. The number of aliphatic hydroxyl groups excluding tert-OH is 1. The largest absolute Gasteiger partial charge is 0.384 e. The summed E-state index contributed by atoms with van der Waals surface area (Å²) in [7, 11) is 0. The number of hydrogen-bond acceptors (Lipinski definition) is 2. The van der Waals surface area contributed by atoms with Gasteiger partial charge in [0.25, 0.3) is 0 Å². The van der Waals surface area contributed by atoms with Gasteiger partial charge >= 0.3 is 0 Å². The monoisotopic (exact) mass is 269 g/mol. The molecule has 0 saturated heterocycles. The van der Waals surface area contributed by atoms with E-state index in [0.29, 0.717) is 5.92 Å². The summed E-state index contributed by atoms with van der Waals surface area (Å²) in [5.41, 5.74) is 4.97. The van der Waals surface area contributed by atoms with Crippen LogP contribution in [0.4, 0.5) is 0 Å². The first kappa shape index (κ1) is 14.7. The molecule has 0 aliphatic heterocycles. The predicted octanol–water partition coefficient (Wildman–Crippen LogP) is 3.98. The second kappa shape index (κ2) is 6.19. The van der Waals surface area contributed by atoms with Crippen LogP contribution in [-0.4, -0.2) is 10.1 Å². The van der Waals surface area contributed by atoms with Crippen LogP contribution in [0.2, 0.25) is 0 Å². The molecule has 0 aliphatic rings. The summed E-state index contributed by atoms with van der Waals surface area (Å²) in [6.45, 7) is 8.32. The van der Waals surface area contributed by atoms with Crippen molar-refractivity contribution in [3.8, 4) is 0 Å². The highest BCUT2D eigenvalue weighted by Gasteiger charge is 2.14. The maximum absolute atomic E-state index is 10.6. The molecule has 2 nitrogen and oxygen atoms in total. The molecular weight excluding hydrogens is 246 g/mol. The van der Waals surface area contributed by atoms with Crippen molar-refractivity contribution in [1.82, 2.24) is 4.98 Å². The fraction of sp³-hybridized carbons (Fsp3) is 0.389. The average molecular weight is 269 g/mol. The molecule has 1 N–H and O–H groups in total. The number of aromatic nitrogens is 1. The first-order valence-corrected chi connectivity index (χ1v) is 7.18. The van der Waals surface area contributed by atoms with Crippen LogP contribution in [0.25, 0.3) is 0 Å². The highest BCUT2D eigenvalue weighted by molar-refractivity contribution is 5.35. The van der Waals surface area contributed by atoms with E-state index in [1.807, 2.05) is 38.1 Å². The van der Waals surface area contributed by atoms with Gasteiger partial charge in [-0.25, -0.2) is 0 Å². The maximum Gasteiger partial charge on any atom is 0.106 e. The van der Waals surface area contributed by atoms with Crippen molar-refractivity contribution in [3.05, 3.63) is 64.5 Å². The van der Waals surface area contributed by atoms with Crippen LogP contribution < -0.4 is 0 Å². The van der Waals surface area contributed by atoms with Gasteiger partial charge in [-0.1, -0.05) is 44.2 Å². The van der Waals surface area contributed by atoms with E-state index in [0.717, 1.165) is 28.9 Å². The smallest absolute Gasteiger partial charge is 0.106 e. The topological polar surface area (TPSA) is 33.1 Å². The standard InChI is InChI=1S/C18H23NO/c1-12(2)10-15-6-5-7-16(11-15)18(20)17-9-8-13(3)19-14(17)4/h5-9,11-12,18,20H,10H2,1-4H3. The number of rotatable bonds is 4. The van der Waals surface area contributed by atoms with Gasteiger partial charge in [0.2, 0.25) is 0 Å². The molecule has 0 aliphatic carbocycles. The minimum absolute atomic E-state index is 0.602. The number of pyridine rings is 1. The highest BCUT2D eigenvalue weighted by atomic mass is 16.3. The fourth-order valence-electron chi connectivity index (χ4n) is 2.53. The van der Waals surface area contributed by atoms with Crippen LogP contribution in [0.3, 0.4) is 0 Å². The van der Waals surface area contributed by atoms with Crippen molar-refractivity contribution in [2.75, 3.05) is 0 Å². The lowest BCUT2D eigenvalue weighted by Gasteiger charge is -2.15. The quantitative estimate of drug-likeness (QED) is 0.910. The van der Waals surface area contributed by atoms with Gasteiger partial charge in [0, 0.05) is 17.0 Å². The second-order valence-electron chi connectivity index (χ2n) is 5.87. The minimum Gasteiger partial charge on any atom is -0.384 e. The number of aryl methyl sites for hydroxylation is 2. The van der Waals surface area contributed by atoms with Gasteiger partial charge in [0.1, 0.15) is 6.10 Å². The third-order valence-corrected chi connectivity index (χ3v) is 3.47. The molecule has 1 atom stereocenters. The molecule has 2 aromatic rings. The Morgan fingerprint density at radius 2 is 1.85 bits per heavy atom. The van der Waals surface area contributed by atoms with Gasteiger partial charge in [-0.05, 0) is 43.4 Å². The molecule has 1 aromatic heterocycles. The van der Waals surface area contributed by atoms with E-state index >= 15 is 0 Å². The molecule has 0 amide bonds. The molecule has 1 unspecified atom stereocenters. The van der Waals surface area contributed by atoms with E-state index in [2.05, 4.69) is 31.0 Å². The normalized spacial score (nSPS) is 12.7. The molecule has 2 rings (SSSR count). The zero-order valence-electron chi connectivity index (χ0n) is 12.7. The van der Waals surface area contributed by atoms with Gasteiger partial charge in [0.05, 0.1) is 0 Å². The van der Waals surface area contributed by atoms with Gasteiger partial charge in [-0.3, -0.25) is 4.98 Å². The first-order valence-electron chi connectivity index (χ1n) is 7.18. The third kappa shape index (κ3) is 3.45. The molecule has 1 aromatic carbocycles. The SMILES string of the molecule is Cc1ccc(C(O)c2cccc(CC(C)C)c2)c(C)n1. The molecule has 0 spiro atoms. The third-order valence-electron chi connectivity index (χ3n) is 3.47. The Hall–Kier alpha value is -1.67. The van der Waals surface area contributed by atoms with Crippen LogP contribution in [0.5, 0.6) is 0 Å². The van der Waals surface area contributed by atoms with Crippen molar-refractivity contribution >= 4 is 0 Å². The number of hydrogen-bond donors (Lipinski definition) is 1. The summed E-state index contributed by atoms with van der Waals surface area (Å²) < 4.78 is 0. The molecule has 1 heterocycles. The fourth-order valence-corrected chi connectivity index (χ4v) is 2.53. The van der Waals surface area contributed by atoms with Crippen LogP contribution in [0.1, 0.15) is 48.0 Å². The first-order chi connectivity index (χ1) is 9.47. The molecular formula is C18H23NO. The number of nitrogens with zero attached hydrogens (tertiary/aromatic N) is 1. The van der Waals surface area contributed by atoms with Crippen molar-refractivity contribution < 1.29 is 5.11 Å². The van der Waals surface area contributed by atoms with Crippen molar-refractivity contribution in [3.63, 3.8) is 0 Å². The van der Waals surface area contributed by atoms with Crippen molar-refractivity contribution in [2.45, 2.75) is 40.2 Å². The molecule has 0 bridgehead atoms. The van der Waals surface area contributed by atoms with E-state index in [1.165, 1.54) is 5.56 Å². The Kier molecular flexibility index (Phi) is 4.56. The van der Waals surface area contributed by atoms with E-state index in [1.54, 1.807) is 0 Å². The van der Waals surface area contributed by atoms with E-state index < -0.39 is 6.10 Å². The Morgan fingerprint density at radius 1 is 1.10 bits per heavy atom. The molecule has 20 heavy (non-hydrogen) atoms. The van der Waals surface area contributed by atoms with E-state index in [4.69, 9.17) is 0 Å². The second-order valence-corrected chi connectivity index (χ2v) is 5.87. The summed E-state index contributed by atoms with van der Waals surface area (Å²) >= 11 is 0. The molecule has 2 heteroatoms. The number of aliphatic hydroxyl groups is 1. The number of benzene rings is 1. The molecule has 0 radical (unpaired) electrons. The van der Waals surface area contributed by atoms with E-state index in [-0.39, 0.29) is 0 Å². The van der Waals surface area contributed by atoms with Gasteiger partial charge in [-0.2, -0.15) is 0 Å². The summed E-state index contributed by atoms with van der Waals surface area (Å²) in [6.07, 6.45) is 0.432. The Labute approximate surface area is 121 Å². The summed E-state index contributed by atoms with van der Waals surface area (Å²) in [5, 5.41) is 10.6. The Bertz CT molecular complexity index is 590. The van der Waals surface area contributed by atoms with Gasteiger partial charge < -0.3 is 5.11 Å². The lowest BCUT2D eigenvalue weighted by Crippen LogP contribution is -2.05. The maximum atomic E-state index is 10.6. The molecule has 0 saturated carbocycles. The van der Waals surface area contributed by atoms with Crippen LogP contribution in [-0.2, 0) is 6.42 Å². The average Bonchev–Trinajstić information content (AvgIpc) is 2.37. The molecule has 0 fully saturated rings. The zero-order chi connectivity index (χ0) is 14.7. The predicted molar refractivity (Wildman–Crippen MR) is 82.8 cm³/mol. The van der Waals surface area contributed by atoms with Gasteiger partial charge in [0.15, 0.2) is 0 Å². The van der Waals surface area contributed by atoms with Crippen molar-refractivity contribution in [1.29, 1.82) is 0 Å². The van der Waals surface area contributed by atoms with E-state index in [9.17, 15) is 5.11 Å². The van der Waals surface area contributed by atoms with Crippen LogP contribution in [0, 0.1) is 19.8 Å². The van der Waals surface area contributed by atoms with Crippen LogP contribution in [0.15, 0.2) is 36.4 Å². The summed E-state index contributed by atoms with van der Waals surface area (Å²) in [4.78, 5) is 4.43. The zero-order valence-corrected chi connectivity index (χ0v) is 12.7. The molecule has 106 valence electrons. The van der Waals surface area contributed by atoms with Crippen molar-refractivity contribution in [2.24, 2.45) is 5.92 Å². The lowest BCUT2D eigenvalue weighted by molar-refractivity contribution is 0.219. The minimum atomic E-state index is -0.602.